The van der Waals surface area contributed by atoms with Crippen molar-refractivity contribution in [2.45, 2.75) is 23.4 Å². The second-order valence-corrected chi connectivity index (χ2v) is 7.74. The number of nitrogens with zero attached hydrogens (tertiary/aromatic N) is 4. The highest BCUT2D eigenvalue weighted by molar-refractivity contribution is 8.00. The molecule has 1 aliphatic heterocycles. The van der Waals surface area contributed by atoms with Crippen LogP contribution in [0.25, 0.3) is 16.7 Å². The van der Waals surface area contributed by atoms with Gasteiger partial charge in [-0.25, -0.2) is 0 Å². The molecule has 28 heavy (non-hydrogen) atoms. The first-order valence-electron chi connectivity index (χ1n) is 8.96. The monoisotopic (exact) mass is 392 g/mol. The maximum absolute atomic E-state index is 13.2. The van der Waals surface area contributed by atoms with Crippen LogP contribution in [0.4, 0.5) is 0 Å². The molecule has 2 aromatic carbocycles. The number of carbonyl (C=O) groups is 1. The highest BCUT2D eigenvalue weighted by Crippen LogP contribution is 2.30. The lowest BCUT2D eigenvalue weighted by Crippen LogP contribution is -2.24. The minimum Gasteiger partial charge on any atom is -0.465 e. The third-order valence-electron chi connectivity index (χ3n) is 4.80. The fourth-order valence-corrected chi connectivity index (χ4v) is 4.44. The van der Waals surface area contributed by atoms with Crippen molar-refractivity contribution in [3.8, 4) is 0 Å². The van der Waals surface area contributed by atoms with Crippen LogP contribution in [0.5, 0.6) is 0 Å². The summed E-state index contributed by atoms with van der Waals surface area (Å²) in [6.07, 6.45) is 0.639. The van der Waals surface area contributed by atoms with E-state index in [9.17, 15) is 9.59 Å². The van der Waals surface area contributed by atoms with Crippen LogP contribution in [0.15, 0.2) is 64.5 Å². The van der Waals surface area contributed by atoms with Crippen molar-refractivity contribution in [1.82, 2.24) is 19.2 Å². The second kappa shape index (κ2) is 6.79. The van der Waals surface area contributed by atoms with Gasteiger partial charge in [-0.2, -0.15) is 0 Å². The van der Waals surface area contributed by atoms with Crippen molar-refractivity contribution in [3.05, 3.63) is 70.5 Å². The van der Waals surface area contributed by atoms with E-state index < -0.39 is 0 Å². The average molecular weight is 392 g/mol. The number of cyclic esters (lactones) is 1. The molecule has 0 radical (unpaired) electrons. The summed E-state index contributed by atoms with van der Waals surface area (Å²) in [6.45, 7) is 0.814. The van der Waals surface area contributed by atoms with Gasteiger partial charge in [0.05, 0.1) is 24.1 Å². The molecular weight excluding hydrogens is 376 g/mol. The molecule has 3 heterocycles. The van der Waals surface area contributed by atoms with Crippen LogP contribution in [0, 0.1) is 0 Å². The topological polar surface area (TPSA) is 78.5 Å². The first-order chi connectivity index (χ1) is 13.7. The number of esters is 1. The van der Waals surface area contributed by atoms with Crippen LogP contribution < -0.4 is 5.56 Å². The molecule has 0 spiro atoms. The fourth-order valence-electron chi connectivity index (χ4n) is 3.43. The van der Waals surface area contributed by atoms with E-state index in [0.717, 1.165) is 11.1 Å². The van der Waals surface area contributed by atoms with Crippen molar-refractivity contribution in [2.75, 3.05) is 6.61 Å². The molecule has 1 atom stereocenters. The first kappa shape index (κ1) is 17.0. The molecule has 0 N–H and O–H groups in total. The van der Waals surface area contributed by atoms with E-state index in [-0.39, 0.29) is 16.8 Å². The normalized spacial score (nSPS) is 16.7. The quantitative estimate of drug-likeness (QED) is 0.497. The van der Waals surface area contributed by atoms with Gasteiger partial charge in [0.15, 0.2) is 5.16 Å². The molecule has 7 nitrogen and oxygen atoms in total. The number of para-hydroxylation sites is 1. The molecular formula is C20H16N4O3S. The average Bonchev–Trinajstić information content (AvgIpc) is 3.33. The maximum atomic E-state index is 13.2. The Kier molecular flexibility index (Phi) is 4.12. The molecule has 1 saturated heterocycles. The van der Waals surface area contributed by atoms with Gasteiger partial charge in [0, 0.05) is 6.42 Å². The number of thioether (sulfide) groups is 1. The van der Waals surface area contributed by atoms with E-state index in [1.54, 1.807) is 10.6 Å². The number of ether oxygens (including phenoxy) is 1. The third-order valence-corrected chi connectivity index (χ3v) is 5.98. The van der Waals surface area contributed by atoms with Crippen molar-refractivity contribution >= 4 is 34.4 Å². The summed E-state index contributed by atoms with van der Waals surface area (Å²) in [5, 5.41) is 9.45. The molecule has 0 unspecified atom stereocenters. The van der Waals surface area contributed by atoms with Gasteiger partial charge in [0.1, 0.15) is 5.25 Å². The Bertz CT molecular complexity index is 1250. The van der Waals surface area contributed by atoms with Gasteiger partial charge in [0.2, 0.25) is 5.78 Å². The molecule has 1 fully saturated rings. The van der Waals surface area contributed by atoms with Crippen molar-refractivity contribution < 1.29 is 9.53 Å². The van der Waals surface area contributed by atoms with E-state index >= 15 is 0 Å². The second-order valence-electron chi connectivity index (χ2n) is 6.57. The molecule has 1 aliphatic rings. The molecule has 0 saturated carbocycles. The van der Waals surface area contributed by atoms with E-state index in [1.807, 2.05) is 52.9 Å². The molecule has 0 amide bonds. The van der Waals surface area contributed by atoms with Gasteiger partial charge < -0.3 is 4.74 Å². The van der Waals surface area contributed by atoms with Crippen molar-refractivity contribution in [2.24, 2.45) is 0 Å². The molecule has 0 aliphatic carbocycles. The smallest absolute Gasteiger partial charge is 0.319 e. The minimum absolute atomic E-state index is 0.115. The lowest BCUT2D eigenvalue weighted by Gasteiger charge is -2.12. The third kappa shape index (κ3) is 2.77. The Morgan fingerprint density at radius 2 is 1.82 bits per heavy atom. The summed E-state index contributed by atoms with van der Waals surface area (Å²) in [5.74, 6) is 0.227. The molecule has 4 aromatic rings. The summed E-state index contributed by atoms with van der Waals surface area (Å²) in [7, 11) is 0. The number of carbonyl (C=O) groups excluding carboxylic acids is 1. The largest absolute Gasteiger partial charge is 0.465 e. The fraction of sp³-hybridized carbons (Fsp3) is 0.200. The Balaban J connectivity index is 1.72. The van der Waals surface area contributed by atoms with Gasteiger partial charge in [-0.3, -0.25) is 18.6 Å². The summed E-state index contributed by atoms with van der Waals surface area (Å²) in [5.41, 5.74) is 1.61. The summed E-state index contributed by atoms with van der Waals surface area (Å²) < 4.78 is 8.55. The first-order valence-corrected chi connectivity index (χ1v) is 9.84. The molecule has 8 heteroatoms. The number of fused-ring (bicyclic) bond motifs is 3. The van der Waals surface area contributed by atoms with E-state index in [4.69, 9.17) is 4.74 Å². The summed E-state index contributed by atoms with van der Waals surface area (Å²) in [4.78, 5) is 25.1. The van der Waals surface area contributed by atoms with Crippen LogP contribution in [0.1, 0.15) is 12.0 Å². The summed E-state index contributed by atoms with van der Waals surface area (Å²) in [6, 6.07) is 17.2. The van der Waals surface area contributed by atoms with Crippen LogP contribution in [0.3, 0.4) is 0 Å². The van der Waals surface area contributed by atoms with Crippen molar-refractivity contribution in [3.63, 3.8) is 0 Å². The predicted molar refractivity (Wildman–Crippen MR) is 106 cm³/mol. The zero-order chi connectivity index (χ0) is 19.1. The van der Waals surface area contributed by atoms with Crippen LogP contribution in [-0.4, -0.2) is 37.0 Å². The van der Waals surface area contributed by atoms with Crippen molar-refractivity contribution in [1.29, 1.82) is 0 Å². The van der Waals surface area contributed by atoms with Crippen LogP contribution >= 0.6 is 11.8 Å². The Morgan fingerprint density at radius 1 is 1.04 bits per heavy atom. The van der Waals surface area contributed by atoms with Gasteiger partial charge in [-0.05, 0) is 17.7 Å². The standard InChI is InChI=1S/C20H16N4O3S/c25-17-14-8-4-5-9-15(14)24-19(23(17)12-13-6-2-1-3-7-13)21-22-20(24)28-16-10-11-27-18(16)26/h1-9,16H,10-12H2/t16-/m1/s1. The summed E-state index contributed by atoms with van der Waals surface area (Å²) >= 11 is 1.33. The van der Waals surface area contributed by atoms with Crippen LogP contribution in [-0.2, 0) is 16.1 Å². The van der Waals surface area contributed by atoms with E-state index in [2.05, 4.69) is 10.2 Å². The van der Waals surface area contributed by atoms with Gasteiger partial charge >= 0.3 is 5.97 Å². The number of aromatic nitrogens is 4. The molecule has 5 rings (SSSR count). The lowest BCUT2D eigenvalue weighted by atomic mass is 10.2. The van der Waals surface area contributed by atoms with Crippen LogP contribution in [0.2, 0.25) is 0 Å². The maximum Gasteiger partial charge on any atom is 0.319 e. The predicted octanol–water partition coefficient (Wildman–Crippen LogP) is 2.50. The highest BCUT2D eigenvalue weighted by atomic mass is 32.2. The zero-order valence-electron chi connectivity index (χ0n) is 14.8. The van der Waals surface area contributed by atoms with Gasteiger partial charge in [-0.1, -0.05) is 54.2 Å². The zero-order valence-corrected chi connectivity index (χ0v) is 15.6. The Hall–Kier alpha value is -3.13. The highest BCUT2D eigenvalue weighted by Gasteiger charge is 2.30. The SMILES string of the molecule is O=C1OCC[C@H]1Sc1nnc2n(Cc3ccccc3)c(=O)c3ccccc3n12. The Morgan fingerprint density at radius 3 is 2.61 bits per heavy atom. The minimum atomic E-state index is -0.305. The number of hydrogen-bond donors (Lipinski definition) is 0. The molecule has 2 aromatic heterocycles. The van der Waals surface area contributed by atoms with Gasteiger partial charge in [0.25, 0.3) is 5.56 Å². The molecule has 140 valence electrons. The number of hydrogen-bond acceptors (Lipinski definition) is 6. The van der Waals surface area contributed by atoms with E-state index in [1.165, 1.54) is 11.8 Å². The lowest BCUT2D eigenvalue weighted by molar-refractivity contribution is -0.137. The Labute approximate surface area is 164 Å². The van der Waals surface area contributed by atoms with E-state index in [0.29, 0.717) is 35.9 Å². The molecule has 0 bridgehead atoms. The van der Waals surface area contributed by atoms with Gasteiger partial charge in [-0.15, -0.1) is 10.2 Å². The number of rotatable bonds is 4. The number of benzene rings is 2.